The number of carbonyl (C=O) groups is 1. The van der Waals surface area contributed by atoms with Gasteiger partial charge in [-0.2, -0.15) is 0 Å². The number of nitrogen functional groups attached to an aromatic ring is 1. The van der Waals surface area contributed by atoms with Crippen LogP contribution in [-0.2, 0) is 0 Å². The third kappa shape index (κ3) is 3.94. The number of rotatable bonds is 5. The van der Waals surface area contributed by atoms with Gasteiger partial charge in [0.25, 0.3) is 5.91 Å². The summed E-state index contributed by atoms with van der Waals surface area (Å²) in [6.07, 6.45) is 0. The second kappa shape index (κ2) is 7.44. The van der Waals surface area contributed by atoms with Gasteiger partial charge in [0.05, 0.1) is 16.9 Å². The highest BCUT2D eigenvalue weighted by molar-refractivity contribution is 5.96. The third-order valence-corrected chi connectivity index (χ3v) is 4.10. The van der Waals surface area contributed by atoms with E-state index in [1.54, 1.807) is 6.07 Å². The molecule has 0 spiro atoms. The summed E-state index contributed by atoms with van der Waals surface area (Å²) in [7, 11) is 0. The number of hydrogen-bond acceptors (Lipinski definition) is 4. The lowest BCUT2D eigenvalue weighted by Crippen LogP contribution is -2.36. The van der Waals surface area contributed by atoms with Crippen molar-refractivity contribution in [3.8, 4) is 5.75 Å². The van der Waals surface area contributed by atoms with Gasteiger partial charge in [0, 0.05) is 16.9 Å². The second-order valence-electron chi connectivity index (χ2n) is 6.56. The molecule has 5 heteroatoms. The number of hydrogen-bond donors (Lipinski definition) is 2. The summed E-state index contributed by atoms with van der Waals surface area (Å²) >= 11 is 0. The predicted molar refractivity (Wildman–Crippen MR) is 104 cm³/mol. The van der Waals surface area contributed by atoms with Crippen molar-refractivity contribution in [2.24, 2.45) is 0 Å². The minimum atomic E-state index is -0.155. The molecule has 3 aromatic rings. The molecule has 0 fully saturated rings. The Bertz CT molecular complexity index is 953. The van der Waals surface area contributed by atoms with Crippen LogP contribution >= 0.6 is 0 Å². The Morgan fingerprint density at radius 3 is 2.73 bits per heavy atom. The molecule has 26 heavy (non-hydrogen) atoms. The molecule has 0 bridgehead atoms. The van der Waals surface area contributed by atoms with E-state index in [0.29, 0.717) is 23.6 Å². The first-order valence-corrected chi connectivity index (χ1v) is 8.60. The van der Waals surface area contributed by atoms with Crippen molar-refractivity contribution in [1.29, 1.82) is 0 Å². The fraction of sp³-hybridized carbons (Fsp3) is 0.238. The number of nitrogens with two attached hydrogens (primary N) is 1. The van der Waals surface area contributed by atoms with E-state index in [1.165, 1.54) is 0 Å². The molecule has 1 amide bonds. The molecule has 134 valence electrons. The minimum absolute atomic E-state index is 0.112. The van der Waals surface area contributed by atoms with Crippen LogP contribution in [0.4, 0.5) is 5.69 Å². The molecule has 1 atom stereocenters. The maximum Gasteiger partial charge on any atom is 0.251 e. The zero-order valence-corrected chi connectivity index (χ0v) is 15.2. The van der Waals surface area contributed by atoms with Crippen LogP contribution in [0, 0.1) is 13.8 Å². The summed E-state index contributed by atoms with van der Waals surface area (Å²) in [6, 6.07) is 14.8. The minimum Gasteiger partial charge on any atom is -0.491 e. The largest absolute Gasteiger partial charge is 0.491 e. The van der Waals surface area contributed by atoms with E-state index < -0.39 is 0 Å². The van der Waals surface area contributed by atoms with Gasteiger partial charge in [-0.1, -0.05) is 23.8 Å². The van der Waals surface area contributed by atoms with Crippen molar-refractivity contribution in [2.75, 3.05) is 12.3 Å². The molecule has 3 rings (SSSR count). The lowest BCUT2D eigenvalue weighted by atomic mass is 10.1. The van der Waals surface area contributed by atoms with E-state index >= 15 is 0 Å². The van der Waals surface area contributed by atoms with Crippen molar-refractivity contribution in [3.63, 3.8) is 0 Å². The summed E-state index contributed by atoms with van der Waals surface area (Å²) in [5, 5.41) is 3.76. The number of nitrogens with zero attached hydrogens (tertiary/aromatic N) is 1. The standard InChI is InChI=1S/C21H23N3O2/c1-13-6-4-7-16(10-13)21(25)24-15(3)12-26-19-9-5-8-18-20(19)17(22)11-14(2)23-18/h4-11,15H,12H2,1-3H3,(H2,22,23)(H,24,25). The summed E-state index contributed by atoms with van der Waals surface area (Å²) in [5.74, 6) is 0.559. The molecule has 0 aliphatic rings. The fourth-order valence-electron chi connectivity index (χ4n) is 2.89. The lowest BCUT2D eigenvalue weighted by Gasteiger charge is -2.17. The SMILES string of the molecule is Cc1cccc(C(=O)NC(C)COc2cccc3nc(C)cc(N)c23)c1. The number of ether oxygens (including phenoxy) is 1. The number of pyridine rings is 1. The van der Waals surface area contributed by atoms with Crippen LogP contribution in [0.3, 0.4) is 0 Å². The highest BCUT2D eigenvalue weighted by Gasteiger charge is 2.12. The van der Waals surface area contributed by atoms with Gasteiger partial charge >= 0.3 is 0 Å². The quantitative estimate of drug-likeness (QED) is 0.737. The Hall–Kier alpha value is -3.08. The highest BCUT2D eigenvalue weighted by Crippen LogP contribution is 2.30. The Morgan fingerprint density at radius 1 is 1.19 bits per heavy atom. The van der Waals surface area contributed by atoms with Crippen LogP contribution in [-0.4, -0.2) is 23.5 Å². The van der Waals surface area contributed by atoms with Crippen LogP contribution in [0.5, 0.6) is 5.75 Å². The van der Waals surface area contributed by atoms with Gasteiger partial charge in [-0.05, 0) is 51.1 Å². The molecule has 1 unspecified atom stereocenters. The maximum atomic E-state index is 12.3. The molecule has 0 saturated carbocycles. The number of amides is 1. The maximum absolute atomic E-state index is 12.3. The van der Waals surface area contributed by atoms with Crippen molar-refractivity contribution in [2.45, 2.75) is 26.8 Å². The van der Waals surface area contributed by atoms with Crippen LogP contribution in [0.25, 0.3) is 10.9 Å². The van der Waals surface area contributed by atoms with E-state index in [1.807, 2.05) is 63.2 Å². The van der Waals surface area contributed by atoms with Gasteiger partial charge in [-0.15, -0.1) is 0 Å². The van der Waals surface area contributed by atoms with E-state index in [4.69, 9.17) is 10.5 Å². The monoisotopic (exact) mass is 349 g/mol. The van der Waals surface area contributed by atoms with Crippen molar-refractivity contribution >= 4 is 22.5 Å². The Balaban J connectivity index is 1.69. The highest BCUT2D eigenvalue weighted by atomic mass is 16.5. The zero-order valence-electron chi connectivity index (χ0n) is 15.2. The van der Waals surface area contributed by atoms with E-state index in [2.05, 4.69) is 10.3 Å². The van der Waals surface area contributed by atoms with Crippen LogP contribution in [0.2, 0.25) is 0 Å². The molecule has 1 heterocycles. The molecule has 0 aliphatic heterocycles. The first-order valence-electron chi connectivity index (χ1n) is 8.60. The lowest BCUT2D eigenvalue weighted by molar-refractivity contribution is 0.0927. The average Bonchev–Trinajstić information content (AvgIpc) is 2.59. The van der Waals surface area contributed by atoms with Gasteiger partial charge in [-0.25, -0.2) is 0 Å². The van der Waals surface area contributed by atoms with Gasteiger partial charge < -0.3 is 15.8 Å². The first kappa shape index (κ1) is 17.7. The van der Waals surface area contributed by atoms with Gasteiger partial charge in [0.2, 0.25) is 0 Å². The normalized spacial score (nSPS) is 12.0. The number of carbonyl (C=O) groups excluding carboxylic acids is 1. The molecule has 0 saturated heterocycles. The average molecular weight is 349 g/mol. The molecular formula is C21H23N3O2. The number of aryl methyl sites for hydroxylation is 2. The number of anilines is 1. The second-order valence-corrected chi connectivity index (χ2v) is 6.56. The van der Waals surface area contributed by atoms with Gasteiger partial charge in [0.1, 0.15) is 12.4 Å². The molecule has 3 N–H and O–H groups in total. The molecule has 0 radical (unpaired) electrons. The van der Waals surface area contributed by atoms with E-state index in [0.717, 1.165) is 22.2 Å². The van der Waals surface area contributed by atoms with Crippen molar-refractivity contribution in [3.05, 3.63) is 65.4 Å². The molecule has 5 nitrogen and oxygen atoms in total. The van der Waals surface area contributed by atoms with Gasteiger partial charge in [0.15, 0.2) is 0 Å². The smallest absolute Gasteiger partial charge is 0.251 e. The summed E-state index contributed by atoms with van der Waals surface area (Å²) < 4.78 is 5.93. The van der Waals surface area contributed by atoms with Gasteiger partial charge in [-0.3, -0.25) is 9.78 Å². The van der Waals surface area contributed by atoms with Crippen LogP contribution < -0.4 is 15.8 Å². The number of nitrogens with one attached hydrogen (secondary N) is 1. The van der Waals surface area contributed by atoms with E-state index in [-0.39, 0.29) is 11.9 Å². The molecule has 2 aromatic carbocycles. The molecule has 0 aliphatic carbocycles. The Morgan fingerprint density at radius 2 is 1.96 bits per heavy atom. The Kier molecular flexibility index (Phi) is 5.07. The van der Waals surface area contributed by atoms with E-state index in [9.17, 15) is 4.79 Å². The molecular weight excluding hydrogens is 326 g/mol. The van der Waals surface area contributed by atoms with Crippen molar-refractivity contribution < 1.29 is 9.53 Å². The number of aromatic nitrogens is 1. The number of fused-ring (bicyclic) bond motifs is 1. The third-order valence-electron chi connectivity index (χ3n) is 4.10. The van der Waals surface area contributed by atoms with Crippen molar-refractivity contribution in [1.82, 2.24) is 10.3 Å². The summed E-state index contributed by atoms with van der Waals surface area (Å²) in [5.41, 5.74) is 10.1. The Labute approximate surface area is 153 Å². The zero-order chi connectivity index (χ0) is 18.7. The topological polar surface area (TPSA) is 77.2 Å². The summed E-state index contributed by atoms with van der Waals surface area (Å²) in [6.45, 7) is 6.12. The fourth-order valence-corrected chi connectivity index (χ4v) is 2.89. The van der Waals surface area contributed by atoms with Crippen LogP contribution in [0.15, 0.2) is 48.5 Å². The molecule has 1 aromatic heterocycles. The summed E-state index contributed by atoms with van der Waals surface area (Å²) in [4.78, 5) is 16.8. The van der Waals surface area contributed by atoms with Crippen LogP contribution in [0.1, 0.15) is 28.5 Å². The first-order chi connectivity index (χ1) is 12.4. The predicted octanol–water partition coefficient (Wildman–Crippen LogP) is 3.63. The number of benzene rings is 2.